The van der Waals surface area contributed by atoms with Crippen molar-refractivity contribution in [1.82, 2.24) is 82.8 Å². The minimum Gasteiger partial charge on any atom is -0.379 e. The lowest BCUT2D eigenvalue weighted by atomic mass is 9.91. The van der Waals surface area contributed by atoms with E-state index in [1.54, 1.807) is 18.9 Å². The highest BCUT2D eigenvalue weighted by molar-refractivity contribution is 7.99. The summed E-state index contributed by atoms with van der Waals surface area (Å²) in [6, 6.07) is 29.5. The van der Waals surface area contributed by atoms with Crippen LogP contribution in [0, 0.1) is 11.8 Å². The number of thioether (sulfide) groups is 1. The molecule has 0 bridgehead atoms. The number of amides is 2. The number of para-hydroxylation sites is 3. The van der Waals surface area contributed by atoms with Crippen molar-refractivity contribution < 1.29 is 14.3 Å². The summed E-state index contributed by atoms with van der Waals surface area (Å²) in [6.07, 6.45) is 31.1. The van der Waals surface area contributed by atoms with Gasteiger partial charge in [0.1, 0.15) is 12.7 Å². The van der Waals surface area contributed by atoms with Crippen LogP contribution in [0.2, 0.25) is 0 Å². The first-order chi connectivity index (χ1) is 61.4. The largest absolute Gasteiger partial charge is 0.379 e. The average molecular weight is 1860 g/mol. The average Bonchev–Trinajstić information content (AvgIpc) is 1.61. The number of rotatable bonds is 0. The Bertz CT molecular complexity index is 4180. The Balaban J connectivity index is 0.000000257. The third kappa shape index (κ3) is 41.3. The van der Waals surface area contributed by atoms with Gasteiger partial charge in [-0.15, -0.1) is 0 Å². The van der Waals surface area contributed by atoms with Gasteiger partial charge in [-0.05, 0) is 381 Å². The number of fused-ring (bicyclic) bond motifs is 4. The lowest BCUT2D eigenvalue weighted by Gasteiger charge is -2.41. The molecule has 12 heterocycles. The van der Waals surface area contributed by atoms with Crippen molar-refractivity contribution in [1.29, 1.82) is 0 Å². The van der Waals surface area contributed by atoms with Crippen molar-refractivity contribution in [3.05, 3.63) is 158 Å². The fraction of sp³-hybridized carbons (Fsp3) is 0.714. The molecule has 0 spiro atoms. The van der Waals surface area contributed by atoms with Gasteiger partial charge in [-0.25, -0.2) is 14.6 Å². The van der Waals surface area contributed by atoms with Gasteiger partial charge in [0.2, 0.25) is 11.8 Å². The number of hydrogen-bond donors (Lipinski definition) is 0. The molecule has 3 aromatic carbocycles. The van der Waals surface area contributed by atoms with Crippen molar-refractivity contribution in [2.24, 2.45) is 11.8 Å². The highest BCUT2D eigenvalue weighted by Gasteiger charge is 2.49. The van der Waals surface area contributed by atoms with Gasteiger partial charge in [0, 0.05) is 156 Å². The van der Waals surface area contributed by atoms with Gasteiger partial charge in [0.15, 0.2) is 0 Å². The molecule has 16 rings (SSSR count). The van der Waals surface area contributed by atoms with Crippen LogP contribution < -0.4 is 0 Å². The van der Waals surface area contributed by atoms with E-state index in [-0.39, 0.29) is 45.8 Å². The molecule has 9 aliphatic rings. The zero-order valence-corrected chi connectivity index (χ0v) is 92.6. The number of carbonyl (C=O) groups is 2. The van der Waals surface area contributed by atoms with Gasteiger partial charge in [-0.3, -0.25) is 53.5 Å². The summed E-state index contributed by atoms with van der Waals surface area (Å²) >= 11 is 2.07. The number of imide groups is 1. The van der Waals surface area contributed by atoms with Crippen molar-refractivity contribution in [3.8, 4) is 0 Å². The summed E-state index contributed by atoms with van der Waals surface area (Å²) in [6.45, 7) is 101. The summed E-state index contributed by atoms with van der Waals surface area (Å²) in [7, 11) is 2.19. The minimum atomic E-state index is -0.423. The number of allylic oxidation sites excluding steroid dienone is 2. The van der Waals surface area contributed by atoms with Crippen molar-refractivity contribution >= 4 is 45.5 Å². The second-order valence-corrected chi connectivity index (χ2v) is 50.5. The van der Waals surface area contributed by atoms with Gasteiger partial charge in [-0.1, -0.05) is 98.2 Å². The number of ether oxygens (including phenoxy) is 1. The number of hydrogen-bond acceptors (Lipinski definition) is 16. The van der Waals surface area contributed by atoms with Crippen LogP contribution in [0.5, 0.6) is 0 Å². The minimum absolute atomic E-state index is 0.0660. The number of carbonyl (C=O) groups excluding carboxylic acids is 2. The molecule has 4 aromatic heterocycles. The standard InChI is InChI=1S/C12H15NO2.C12H17N.C12H15N.C11H14N2.C10H21N.C9H20N2.C9H19N.C8H17NO.C8H17NS.C8H17N.C7H12N2.C6H11N3/c1-12(2,3)13-10(14)8-6-4-5-7-9(8)11(13)15;1-12(2,3)13-8-10-6-4-5-7-11(10)9-13;1-12(2,3)13-9-8-10-6-4-5-7-11(10)13;1-11(2,3)13-8-12-9-6-4-5-7-10(9)13;1-10(2,3)11-8-6-4-5-7-9-11;1-9(2,3)11-7-5-10(4)6-8-11;1-9(2,3)10-7-5-4-6-8-10;2*1-8(2,3)9-4-6-10-7-5-9;1-8(2,3)9-6-4-5-7-9;1-7(2,3)9-6-4-5-8-9;1-6(2,3)9-5-7-4-8-9/h4-9H,1-3H3;4-7H,8-9H2,1-3H3;4-9H,1-3H3;4-8H,1-3H3;4-9H2,1-3H3;5-8H2,1-4H3;4-8H2,1-3H3;2*4-7H2,1-3H3;4-7H2,1-3H3;4-6H,1-3H3;4-5H,1-3H3. The third-order valence-electron chi connectivity index (χ3n) is 25.7. The van der Waals surface area contributed by atoms with Crippen LogP contribution in [0.3, 0.4) is 0 Å². The van der Waals surface area contributed by atoms with Crippen LogP contribution in [-0.4, -0.2) is 262 Å². The zero-order valence-electron chi connectivity index (χ0n) is 91.8. The third-order valence-corrected chi connectivity index (χ3v) is 26.6. The van der Waals surface area contributed by atoms with E-state index in [4.69, 9.17) is 4.74 Å². The molecule has 7 saturated heterocycles. The Kier molecular flexibility index (Phi) is 45.8. The molecule has 2 amide bonds. The van der Waals surface area contributed by atoms with Gasteiger partial charge in [0.25, 0.3) is 0 Å². The van der Waals surface area contributed by atoms with Crippen LogP contribution in [0.1, 0.15) is 318 Å². The molecule has 7 fully saturated rings. The summed E-state index contributed by atoms with van der Waals surface area (Å²) in [5, 5.41) is 9.41. The van der Waals surface area contributed by atoms with E-state index in [0.29, 0.717) is 38.8 Å². The molecular formula is C112H195N17O3S. The normalized spacial score (nSPS) is 19.8. The maximum Gasteiger partial charge on any atom is 0.237 e. The second-order valence-electron chi connectivity index (χ2n) is 49.3. The topological polar surface area (TPSA) is 144 Å². The van der Waals surface area contributed by atoms with Crippen LogP contribution in [0.15, 0.2) is 147 Å². The van der Waals surface area contributed by atoms with Crippen LogP contribution in [0.4, 0.5) is 0 Å². The number of piperazine rings is 1. The molecule has 1 aliphatic carbocycles. The Morgan fingerprint density at radius 3 is 1.06 bits per heavy atom. The first kappa shape index (κ1) is 117. The second kappa shape index (κ2) is 52.0. The molecular weight excluding hydrogens is 1660 g/mol. The van der Waals surface area contributed by atoms with Gasteiger partial charge < -0.3 is 18.8 Å². The SMILES string of the molecule is CC(C)(C)N1C(=O)C2C=CC=CC2C1=O.CC(C)(C)N1CCCC1.CC(C)(C)N1CCCCC1.CC(C)(C)N1CCCCCC1.CC(C)(C)N1CCOCC1.CC(C)(C)N1CCSCC1.CC(C)(C)N1Cc2ccccc2C1.CC(C)(C)n1ccc2ccccc21.CC(C)(C)n1cccn1.CC(C)(C)n1cnc2ccccc21.CC(C)(C)n1cncn1.CN1CCN(C(C)(C)C)CC1. The van der Waals surface area contributed by atoms with Crippen LogP contribution in [0.25, 0.3) is 21.9 Å². The molecule has 0 N–H and O–H groups in total. The molecule has 7 aromatic rings. The number of piperidine rings is 1. The fourth-order valence-corrected chi connectivity index (χ4v) is 17.9. The Hall–Kier alpha value is -6.37. The molecule has 8 aliphatic heterocycles. The highest BCUT2D eigenvalue weighted by Crippen LogP contribution is 2.36. The lowest BCUT2D eigenvalue weighted by Crippen LogP contribution is -2.52. The first-order valence-electron chi connectivity index (χ1n) is 50.7. The molecule has 133 heavy (non-hydrogen) atoms. The Morgan fingerprint density at radius 1 is 0.331 bits per heavy atom. The number of morpholine rings is 1. The van der Waals surface area contributed by atoms with Crippen LogP contribution >= 0.6 is 11.8 Å². The van der Waals surface area contributed by atoms with E-state index in [0.717, 1.165) is 44.9 Å². The number of benzene rings is 3. The van der Waals surface area contributed by atoms with Gasteiger partial charge >= 0.3 is 0 Å². The predicted octanol–water partition coefficient (Wildman–Crippen LogP) is 24.0. The number of aromatic nitrogens is 8. The Labute approximate surface area is 817 Å². The molecule has 0 saturated carbocycles. The number of nitrogens with zero attached hydrogens (tertiary/aromatic N) is 17. The summed E-state index contributed by atoms with van der Waals surface area (Å²) in [4.78, 5) is 53.8. The molecule has 21 heteroatoms. The molecule has 20 nitrogen and oxygen atoms in total. The summed E-state index contributed by atoms with van der Waals surface area (Å²) in [5.41, 5.74) is 9.20. The molecule has 2 unspecified atom stereocenters. The van der Waals surface area contributed by atoms with E-state index in [9.17, 15) is 9.59 Å². The predicted molar refractivity (Wildman–Crippen MR) is 571 cm³/mol. The number of likely N-dealkylation sites (tertiary alicyclic amines) is 4. The van der Waals surface area contributed by atoms with E-state index >= 15 is 0 Å². The highest BCUT2D eigenvalue weighted by atomic mass is 32.2. The lowest BCUT2D eigenvalue weighted by molar-refractivity contribution is -0.144. The van der Waals surface area contributed by atoms with E-state index in [2.05, 4.69) is 383 Å². The van der Waals surface area contributed by atoms with Crippen molar-refractivity contribution in [3.63, 3.8) is 0 Å². The summed E-state index contributed by atoms with van der Waals surface area (Å²) < 4.78 is 13.5. The summed E-state index contributed by atoms with van der Waals surface area (Å²) in [5.74, 6) is 1.94. The Morgan fingerprint density at radius 2 is 0.707 bits per heavy atom. The van der Waals surface area contributed by atoms with Gasteiger partial charge in [0.05, 0.1) is 53.5 Å². The molecule has 2 atom stereocenters. The van der Waals surface area contributed by atoms with Gasteiger partial charge in [-0.2, -0.15) is 22.0 Å². The maximum atomic E-state index is 12.0. The number of likely N-dealkylation sites (N-methyl/N-ethyl adjacent to an activating group) is 1. The zero-order chi connectivity index (χ0) is 100.0. The fourth-order valence-electron chi connectivity index (χ4n) is 17.0. The monoisotopic (exact) mass is 1860 g/mol. The smallest absolute Gasteiger partial charge is 0.237 e. The van der Waals surface area contributed by atoms with E-state index in [1.807, 2.05) is 91.2 Å². The van der Waals surface area contributed by atoms with Crippen molar-refractivity contribution in [2.75, 3.05) is 123 Å². The number of imidazole rings is 1. The van der Waals surface area contributed by atoms with E-state index < -0.39 is 5.54 Å². The van der Waals surface area contributed by atoms with Crippen molar-refractivity contribution in [2.45, 2.75) is 387 Å². The van der Waals surface area contributed by atoms with E-state index in [1.165, 1.54) is 180 Å². The van der Waals surface area contributed by atoms with Crippen LogP contribution in [-0.2, 0) is 49.6 Å². The quantitative estimate of drug-likeness (QED) is 0.133. The molecule has 752 valence electrons. The molecule has 0 radical (unpaired) electrons. The maximum absolute atomic E-state index is 12.0. The first-order valence-corrected chi connectivity index (χ1v) is 51.8.